The molecule has 0 spiro atoms. The number of nitrogens with zero attached hydrogens (tertiary/aromatic N) is 1. The van der Waals surface area contributed by atoms with Crippen molar-refractivity contribution in [1.82, 2.24) is 4.90 Å². The van der Waals surface area contributed by atoms with Gasteiger partial charge < -0.3 is 4.90 Å². The molecule has 104 valence electrons. The highest BCUT2D eigenvalue weighted by atomic mass is 35.5. The molecule has 0 bridgehead atoms. The normalized spacial score (nSPS) is 15.6. The molecule has 5 nitrogen and oxygen atoms in total. The number of carbonyl (C=O) groups is 1. The largest absolute Gasteiger partial charge is 0.339 e. The fourth-order valence-electron chi connectivity index (χ4n) is 2.06. The minimum absolute atomic E-state index is 0.153. The average molecular weight is 303 g/mol. The van der Waals surface area contributed by atoms with Crippen LogP contribution in [0.5, 0.6) is 0 Å². The van der Waals surface area contributed by atoms with Gasteiger partial charge in [-0.05, 0) is 31.0 Å². The summed E-state index contributed by atoms with van der Waals surface area (Å²) < 4.78 is 24.7. The van der Waals surface area contributed by atoms with Crippen molar-refractivity contribution in [2.24, 2.45) is 0 Å². The molecule has 0 radical (unpaired) electrons. The number of sulfonamides is 1. The number of amides is 1. The third kappa shape index (κ3) is 3.61. The zero-order valence-electron chi connectivity index (χ0n) is 10.5. The summed E-state index contributed by atoms with van der Waals surface area (Å²) in [6.45, 7) is 1.44. The van der Waals surface area contributed by atoms with Crippen molar-refractivity contribution in [2.75, 3.05) is 24.1 Å². The van der Waals surface area contributed by atoms with E-state index < -0.39 is 10.0 Å². The van der Waals surface area contributed by atoms with Gasteiger partial charge in [0.1, 0.15) is 0 Å². The lowest BCUT2D eigenvalue weighted by atomic mass is 10.2. The van der Waals surface area contributed by atoms with Crippen molar-refractivity contribution in [3.05, 3.63) is 28.8 Å². The third-order valence-electron chi connectivity index (χ3n) is 2.89. The first-order chi connectivity index (χ1) is 8.87. The number of likely N-dealkylation sites (tertiary alicyclic amines) is 1. The Bertz CT molecular complexity index is 595. The van der Waals surface area contributed by atoms with Crippen molar-refractivity contribution in [3.63, 3.8) is 0 Å². The first-order valence-electron chi connectivity index (χ1n) is 5.93. The quantitative estimate of drug-likeness (QED) is 0.928. The predicted molar refractivity (Wildman–Crippen MR) is 75.1 cm³/mol. The van der Waals surface area contributed by atoms with Gasteiger partial charge in [-0.15, -0.1) is 0 Å². The van der Waals surface area contributed by atoms with Crippen LogP contribution in [0.25, 0.3) is 0 Å². The zero-order valence-corrected chi connectivity index (χ0v) is 12.1. The number of nitrogens with one attached hydrogen (secondary N) is 1. The maximum atomic E-state index is 12.2. The fourth-order valence-corrected chi connectivity index (χ4v) is 2.81. The standard InChI is InChI=1S/C12H15ClN2O3S/c1-19(17,18)14-9-4-5-11(13)10(8-9)12(16)15-6-2-3-7-15/h4-5,8,14H,2-3,6-7H2,1H3. The molecule has 1 aromatic carbocycles. The van der Waals surface area contributed by atoms with Gasteiger partial charge in [0.15, 0.2) is 0 Å². The molecule has 0 unspecified atom stereocenters. The van der Waals surface area contributed by atoms with Crippen LogP contribution in [0.4, 0.5) is 5.69 Å². The Hall–Kier alpha value is -1.27. The molecule has 1 amide bonds. The lowest BCUT2D eigenvalue weighted by Crippen LogP contribution is -2.28. The molecule has 2 rings (SSSR count). The van der Waals surface area contributed by atoms with E-state index in [1.165, 1.54) is 18.2 Å². The van der Waals surface area contributed by atoms with Gasteiger partial charge in [-0.3, -0.25) is 9.52 Å². The number of benzene rings is 1. The Balaban J connectivity index is 2.28. The molecular weight excluding hydrogens is 288 g/mol. The average Bonchev–Trinajstić information content (AvgIpc) is 2.82. The number of hydrogen-bond donors (Lipinski definition) is 1. The number of hydrogen-bond acceptors (Lipinski definition) is 3. The lowest BCUT2D eigenvalue weighted by Gasteiger charge is -2.16. The van der Waals surface area contributed by atoms with Crippen molar-refractivity contribution in [3.8, 4) is 0 Å². The molecule has 1 fully saturated rings. The molecule has 1 N–H and O–H groups in total. The molecule has 0 aromatic heterocycles. The first kappa shape index (κ1) is 14.1. The first-order valence-corrected chi connectivity index (χ1v) is 8.20. The van der Waals surface area contributed by atoms with Crippen LogP contribution in [-0.2, 0) is 10.0 Å². The maximum Gasteiger partial charge on any atom is 0.255 e. The second-order valence-electron chi connectivity index (χ2n) is 4.57. The molecule has 0 atom stereocenters. The molecule has 1 saturated heterocycles. The molecule has 1 heterocycles. The van der Waals surface area contributed by atoms with Crippen LogP contribution < -0.4 is 4.72 Å². The number of halogens is 1. The summed E-state index contributed by atoms with van der Waals surface area (Å²) in [6.07, 6.45) is 3.04. The van der Waals surface area contributed by atoms with E-state index in [9.17, 15) is 13.2 Å². The number of anilines is 1. The van der Waals surface area contributed by atoms with Crippen LogP contribution in [0.3, 0.4) is 0 Å². The molecule has 0 saturated carbocycles. The minimum atomic E-state index is -3.37. The highest BCUT2D eigenvalue weighted by molar-refractivity contribution is 7.92. The van der Waals surface area contributed by atoms with Crippen molar-refractivity contribution < 1.29 is 13.2 Å². The number of rotatable bonds is 3. The summed E-state index contributed by atoms with van der Waals surface area (Å²) in [7, 11) is -3.37. The van der Waals surface area contributed by atoms with Crippen LogP contribution in [0.2, 0.25) is 5.02 Å². The summed E-state index contributed by atoms with van der Waals surface area (Å²) in [5.74, 6) is -0.153. The smallest absolute Gasteiger partial charge is 0.255 e. The van der Waals surface area contributed by atoms with Crippen molar-refractivity contribution in [1.29, 1.82) is 0 Å². The summed E-state index contributed by atoms with van der Waals surface area (Å²) in [6, 6.07) is 4.53. The van der Waals surface area contributed by atoms with E-state index in [0.717, 1.165) is 32.2 Å². The minimum Gasteiger partial charge on any atom is -0.339 e. The Kier molecular flexibility index (Phi) is 4.01. The Morgan fingerprint density at radius 1 is 1.32 bits per heavy atom. The van der Waals surface area contributed by atoms with E-state index in [2.05, 4.69) is 4.72 Å². The third-order valence-corrected chi connectivity index (χ3v) is 3.83. The number of carbonyl (C=O) groups excluding carboxylic acids is 1. The highest BCUT2D eigenvalue weighted by Gasteiger charge is 2.22. The molecular formula is C12H15ClN2O3S. The Morgan fingerprint density at radius 3 is 2.53 bits per heavy atom. The van der Waals surface area contributed by atoms with E-state index >= 15 is 0 Å². The van der Waals surface area contributed by atoms with Gasteiger partial charge in [0, 0.05) is 18.8 Å². The van der Waals surface area contributed by atoms with E-state index in [1.807, 2.05) is 0 Å². The molecule has 0 aliphatic carbocycles. The summed E-state index contributed by atoms with van der Waals surface area (Å²) in [5, 5.41) is 0.330. The molecule has 7 heteroatoms. The highest BCUT2D eigenvalue weighted by Crippen LogP contribution is 2.24. The Labute approximate surface area is 117 Å². The second kappa shape index (κ2) is 5.38. The maximum absolute atomic E-state index is 12.2. The van der Waals surface area contributed by atoms with E-state index in [-0.39, 0.29) is 5.91 Å². The SMILES string of the molecule is CS(=O)(=O)Nc1ccc(Cl)c(C(=O)N2CCCC2)c1. The fraction of sp³-hybridized carbons (Fsp3) is 0.417. The van der Waals surface area contributed by atoms with Gasteiger partial charge in [0.05, 0.1) is 16.8 Å². The monoisotopic (exact) mass is 302 g/mol. The van der Waals surface area contributed by atoms with Crippen LogP contribution >= 0.6 is 11.6 Å². The van der Waals surface area contributed by atoms with Crippen molar-refractivity contribution in [2.45, 2.75) is 12.8 Å². The van der Waals surface area contributed by atoms with Crippen molar-refractivity contribution >= 4 is 33.2 Å². The Morgan fingerprint density at radius 2 is 1.95 bits per heavy atom. The molecule has 19 heavy (non-hydrogen) atoms. The van der Waals surface area contributed by atoms with Gasteiger partial charge in [-0.25, -0.2) is 8.42 Å². The van der Waals surface area contributed by atoms with Gasteiger partial charge in [0.25, 0.3) is 5.91 Å². The molecule has 1 aliphatic heterocycles. The van der Waals surface area contributed by atoms with Gasteiger partial charge in [-0.1, -0.05) is 11.6 Å². The van der Waals surface area contributed by atoms with E-state index in [1.54, 1.807) is 4.90 Å². The van der Waals surface area contributed by atoms with Gasteiger partial charge in [-0.2, -0.15) is 0 Å². The molecule has 1 aliphatic rings. The second-order valence-corrected chi connectivity index (χ2v) is 6.72. The zero-order chi connectivity index (χ0) is 14.0. The summed E-state index contributed by atoms with van der Waals surface area (Å²) in [5.41, 5.74) is 0.673. The topological polar surface area (TPSA) is 66.5 Å². The van der Waals surface area contributed by atoms with E-state index in [0.29, 0.717) is 16.3 Å². The van der Waals surface area contributed by atoms with E-state index in [4.69, 9.17) is 11.6 Å². The summed E-state index contributed by atoms with van der Waals surface area (Å²) in [4.78, 5) is 14.0. The summed E-state index contributed by atoms with van der Waals surface area (Å²) >= 11 is 6.02. The van der Waals surface area contributed by atoms with Crippen LogP contribution in [0.1, 0.15) is 23.2 Å². The van der Waals surface area contributed by atoms with Gasteiger partial charge >= 0.3 is 0 Å². The van der Waals surface area contributed by atoms with Gasteiger partial charge in [0.2, 0.25) is 10.0 Å². The van der Waals surface area contributed by atoms with Crippen LogP contribution in [0, 0.1) is 0 Å². The molecule has 1 aromatic rings. The predicted octanol–water partition coefficient (Wildman–Crippen LogP) is 1.95. The van der Waals surface area contributed by atoms with Crippen LogP contribution in [-0.4, -0.2) is 38.6 Å². The van der Waals surface area contributed by atoms with Crippen LogP contribution in [0.15, 0.2) is 18.2 Å². The lowest BCUT2D eigenvalue weighted by molar-refractivity contribution is 0.0793.